The van der Waals surface area contributed by atoms with E-state index in [-0.39, 0.29) is 19.1 Å². The van der Waals surface area contributed by atoms with E-state index in [9.17, 15) is 0 Å². The Morgan fingerprint density at radius 1 is 0.897 bits per heavy atom. The van der Waals surface area contributed by atoms with Gasteiger partial charge in [0.25, 0.3) is 0 Å². The highest BCUT2D eigenvalue weighted by molar-refractivity contribution is 9.10. The van der Waals surface area contributed by atoms with Crippen molar-refractivity contribution in [2.45, 2.75) is 18.7 Å². The number of halogens is 1. The minimum atomic E-state index is -0.329. The van der Waals surface area contributed by atoms with Gasteiger partial charge in [0, 0.05) is 22.0 Å². The lowest BCUT2D eigenvalue weighted by Gasteiger charge is -2.38. The van der Waals surface area contributed by atoms with Gasteiger partial charge in [-0.2, -0.15) is 5.10 Å². The van der Waals surface area contributed by atoms with E-state index in [4.69, 9.17) is 19.3 Å². The van der Waals surface area contributed by atoms with Crippen LogP contribution >= 0.6 is 15.9 Å². The molecule has 0 fully saturated rings. The van der Waals surface area contributed by atoms with Crippen LogP contribution in [0.25, 0.3) is 0 Å². The molecule has 3 aromatic rings. The molecule has 0 radical (unpaired) electrons. The third kappa shape index (κ3) is 2.78. The summed E-state index contributed by atoms with van der Waals surface area (Å²) in [4.78, 5) is 0. The van der Waals surface area contributed by atoms with Gasteiger partial charge in [0.2, 0.25) is 13.0 Å². The van der Waals surface area contributed by atoms with Gasteiger partial charge >= 0.3 is 0 Å². The SMILES string of the molecule is Brc1ccc2c(c1)[C@H]1CC(c3ccccc3)=NN1[C@@H](c1ccc3c(c1)OCO3)O2. The first-order valence-electron chi connectivity index (χ1n) is 9.53. The number of benzene rings is 3. The van der Waals surface area contributed by atoms with Crippen molar-refractivity contribution < 1.29 is 14.2 Å². The third-order valence-electron chi connectivity index (χ3n) is 5.54. The molecule has 29 heavy (non-hydrogen) atoms. The molecule has 0 saturated heterocycles. The molecule has 0 amide bonds. The fourth-order valence-corrected chi connectivity index (χ4v) is 4.53. The fourth-order valence-electron chi connectivity index (χ4n) is 4.15. The van der Waals surface area contributed by atoms with Crippen LogP contribution in [0.2, 0.25) is 0 Å². The molecule has 6 rings (SSSR count). The Morgan fingerprint density at radius 2 is 1.72 bits per heavy atom. The molecule has 144 valence electrons. The highest BCUT2D eigenvalue weighted by Crippen LogP contribution is 2.49. The molecule has 0 N–H and O–H groups in total. The zero-order valence-corrected chi connectivity index (χ0v) is 17.0. The second-order valence-electron chi connectivity index (χ2n) is 7.28. The van der Waals surface area contributed by atoms with E-state index in [0.717, 1.165) is 50.5 Å². The van der Waals surface area contributed by atoms with Gasteiger partial charge in [-0.25, -0.2) is 5.01 Å². The molecule has 0 spiro atoms. The monoisotopic (exact) mass is 448 g/mol. The molecule has 3 aromatic carbocycles. The molecule has 0 saturated carbocycles. The molecule has 5 nitrogen and oxygen atoms in total. The molecular formula is C23H17BrN2O3. The summed E-state index contributed by atoms with van der Waals surface area (Å²) >= 11 is 3.60. The van der Waals surface area contributed by atoms with E-state index in [0.29, 0.717) is 0 Å². The second-order valence-corrected chi connectivity index (χ2v) is 8.19. The first-order valence-corrected chi connectivity index (χ1v) is 10.3. The number of nitrogens with zero attached hydrogens (tertiary/aromatic N) is 2. The zero-order valence-electron chi connectivity index (χ0n) is 15.4. The number of rotatable bonds is 2. The number of ether oxygens (including phenoxy) is 3. The summed E-state index contributed by atoms with van der Waals surface area (Å²) < 4.78 is 18.5. The zero-order chi connectivity index (χ0) is 19.4. The maximum Gasteiger partial charge on any atom is 0.231 e. The first-order chi connectivity index (χ1) is 14.3. The van der Waals surface area contributed by atoms with Crippen molar-refractivity contribution in [1.82, 2.24) is 5.01 Å². The van der Waals surface area contributed by atoms with E-state index in [1.807, 2.05) is 48.5 Å². The molecule has 3 heterocycles. The number of hydrogen-bond donors (Lipinski definition) is 0. The minimum Gasteiger partial charge on any atom is -0.464 e. The molecular weight excluding hydrogens is 432 g/mol. The van der Waals surface area contributed by atoms with Crippen molar-refractivity contribution in [1.29, 1.82) is 0 Å². The van der Waals surface area contributed by atoms with Crippen molar-refractivity contribution >= 4 is 21.6 Å². The lowest BCUT2D eigenvalue weighted by atomic mass is 9.96. The lowest BCUT2D eigenvalue weighted by molar-refractivity contribution is -0.0191. The largest absolute Gasteiger partial charge is 0.464 e. The van der Waals surface area contributed by atoms with Crippen LogP contribution in [-0.4, -0.2) is 17.5 Å². The van der Waals surface area contributed by atoms with Gasteiger partial charge in [-0.05, 0) is 42.0 Å². The van der Waals surface area contributed by atoms with Crippen molar-refractivity contribution in [3.05, 3.63) is 87.9 Å². The smallest absolute Gasteiger partial charge is 0.231 e. The average Bonchev–Trinajstić information content (AvgIpc) is 3.41. The standard InChI is InChI=1S/C23H17BrN2O3/c24-16-7-9-20-17(11-16)19-12-18(14-4-2-1-3-5-14)25-26(19)23(29-20)15-6-8-21-22(10-15)28-13-27-21/h1-11,19,23H,12-13H2/t19-,23-/m1/s1. The minimum absolute atomic E-state index is 0.113. The molecule has 0 aliphatic carbocycles. The van der Waals surface area contributed by atoms with E-state index in [1.165, 1.54) is 0 Å². The number of hydrazone groups is 1. The van der Waals surface area contributed by atoms with Crippen molar-refractivity contribution in [3.63, 3.8) is 0 Å². The Bertz CT molecular complexity index is 1130. The highest BCUT2D eigenvalue weighted by atomic mass is 79.9. The van der Waals surface area contributed by atoms with Crippen LogP contribution < -0.4 is 14.2 Å². The Labute approximate surface area is 176 Å². The van der Waals surface area contributed by atoms with Crippen LogP contribution in [0.4, 0.5) is 0 Å². The number of hydrogen-bond acceptors (Lipinski definition) is 5. The normalized spacial score (nSPS) is 21.3. The van der Waals surface area contributed by atoms with E-state index >= 15 is 0 Å². The summed E-state index contributed by atoms with van der Waals surface area (Å²) in [5.74, 6) is 2.40. The quantitative estimate of drug-likeness (QED) is 0.524. The third-order valence-corrected chi connectivity index (χ3v) is 6.03. The molecule has 0 bridgehead atoms. The Kier molecular flexibility index (Phi) is 3.81. The average molecular weight is 449 g/mol. The van der Waals surface area contributed by atoms with Gasteiger partial charge in [-0.1, -0.05) is 46.3 Å². The topological polar surface area (TPSA) is 43.3 Å². The molecule has 3 aliphatic heterocycles. The predicted octanol–water partition coefficient (Wildman–Crippen LogP) is 5.42. The summed E-state index contributed by atoms with van der Waals surface area (Å²) in [5.41, 5.74) is 4.34. The van der Waals surface area contributed by atoms with E-state index in [2.05, 4.69) is 39.1 Å². The molecule has 3 aliphatic rings. The highest BCUT2D eigenvalue weighted by Gasteiger charge is 2.41. The Morgan fingerprint density at radius 3 is 2.62 bits per heavy atom. The lowest BCUT2D eigenvalue weighted by Crippen LogP contribution is -2.33. The summed E-state index contributed by atoms with van der Waals surface area (Å²) in [7, 11) is 0. The summed E-state index contributed by atoms with van der Waals surface area (Å²) in [5, 5.41) is 7.08. The van der Waals surface area contributed by atoms with E-state index in [1.54, 1.807) is 0 Å². The molecule has 0 unspecified atom stereocenters. The van der Waals surface area contributed by atoms with Crippen LogP contribution in [0.5, 0.6) is 17.2 Å². The van der Waals surface area contributed by atoms with Crippen LogP contribution in [0.15, 0.2) is 76.3 Å². The molecule has 0 aromatic heterocycles. The van der Waals surface area contributed by atoms with Gasteiger partial charge in [0.1, 0.15) is 5.75 Å². The maximum atomic E-state index is 6.43. The predicted molar refractivity (Wildman–Crippen MR) is 112 cm³/mol. The van der Waals surface area contributed by atoms with Gasteiger partial charge in [-0.15, -0.1) is 0 Å². The van der Waals surface area contributed by atoms with Crippen molar-refractivity contribution in [3.8, 4) is 17.2 Å². The Hall–Kier alpha value is -2.99. The fraction of sp³-hybridized carbons (Fsp3) is 0.174. The van der Waals surface area contributed by atoms with Gasteiger partial charge in [0.15, 0.2) is 11.5 Å². The van der Waals surface area contributed by atoms with Crippen LogP contribution in [0, 0.1) is 0 Å². The van der Waals surface area contributed by atoms with E-state index < -0.39 is 0 Å². The summed E-state index contributed by atoms with van der Waals surface area (Å²) in [6.45, 7) is 0.254. The summed E-state index contributed by atoms with van der Waals surface area (Å²) in [6.07, 6.45) is 0.502. The second kappa shape index (κ2) is 6.52. The van der Waals surface area contributed by atoms with Crippen LogP contribution in [0.3, 0.4) is 0 Å². The van der Waals surface area contributed by atoms with Crippen LogP contribution in [-0.2, 0) is 0 Å². The summed E-state index contributed by atoms with van der Waals surface area (Å²) in [6, 6.07) is 22.6. The van der Waals surface area contributed by atoms with Gasteiger partial charge in [-0.3, -0.25) is 0 Å². The first kappa shape index (κ1) is 16.9. The van der Waals surface area contributed by atoms with Crippen molar-refractivity contribution in [2.24, 2.45) is 5.10 Å². The van der Waals surface area contributed by atoms with Crippen molar-refractivity contribution in [2.75, 3.05) is 6.79 Å². The molecule has 2 atom stereocenters. The van der Waals surface area contributed by atoms with Crippen LogP contribution in [0.1, 0.15) is 35.4 Å². The Balaban J connectivity index is 1.46. The van der Waals surface area contributed by atoms with Gasteiger partial charge < -0.3 is 14.2 Å². The van der Waals surface area contributed by atoms with Gasteiger partial charge in [0.05, 0.1) is 11.8 Å². The molecule has 6 heteroatoms. The number of fused-ring (bicyclic) bond motifs is 4. The maximum absolute atomic E-state index is 6.43.